The Morgan fingerprint density at radius 2 is 2.20 bits per heavy atom. The molecular weight excluding hydrogens is 274 g/mol. The molecule has 1 aliphatic heterocycles. The van der Waals surface area contributed by atoms with Crippen LogP contribution in [0.5, 0.6) is 0 Å². The van der Waals surface area contributed by atoms with Crippen LogP contribution in [0.2, 0.25) is 0 Å². The van der Waals surface area contributed by atoms with Gasteiger partial charge < -0.3 is 15.4 Å². The zero-order valence-electron chi connectivity index (χ0n) is 11.8. The summed E-state index contributed by atoms with van der Waals surface area (Å²) in [7, 11) is 0. The first-order valence-corrected chi connectivity index (χ1v) is 7.64. The first-order chi connectivity index (χ1) is 9.58. The van der Waals surface area contributed by atoms with Crippen molar-refractivity contribution in [2.24, 2.45) is 5.92 Å². The summed E-state index contributed by atoms with van der Waals surface area (Å²) in [5.41, 5.74) is 6.56. The summed E-state index contributed by atoms with van der Waals surface area (Å²) < 4.78 is 5.07. The average Bonchev–Trinajstić information content (AvgIpc) is 2.77. The van der Waals surface area contributed by atoms with E-state index in [-0.39, 0.29) is 5.69 Å². The molecule has 0 atom stereocenters. The number of ether oxygens (including phenoxy) is 1. The Kier molecular flexibility index (Phi) is 4.50. The average molecular weight is 293 g/mol. The van der Waals surface area contributed by atoms with Crippen molar-refractivity contribution in [2.45, 2.75) is 26.7 Å². The SMILES string of the molecule is CCOC(=O)c1c(N2CCC(C)CC2)sc(C#N)c1N. The predicted molar refractivity (Wildman–Crippen MR) is 80.0 cm³/mol. The molecule has 0 saturated carbocycles. The summed E-state index contributed by atoms with van der Waals surface area (Å²) in [6, 6.07) is 2.06. The third-order valence-corrected chi connectivity index (χ3v) is 4.75. The monoisotopic (exact) mass is 293 g/mol. The van der Waals surface area contributed by atoms with Crippen molar-refractivity contribution in [3.63, 3.8) is 0 Å². The summed E-state index contributed by atoms with van der Waals surface area (Å²) in [6.07, 6.45) is 2.17. The zero-order chi connectivity index (χ0) is 14.7. The van der Waals surface area contributed by atoms with Crippen LogP contribution < -0.4 is 10.6 Å². The van der Waals surface area contributed by atoms with Crippen molar-refractivity contribution in [3.8, 4) is 6.07 Å². The molecule has 20 heavy (non-hydrogen) atoms. The second-order valence-electron chi connectivity index (χ2n) is 5.03. The highest BCUT2D eigenvalue weighted by Gasteiger charge is 2.28. The number of carbonyl (C=O) groups is 1. The minimum absolute atomic E-state index is 0.254. The summed E-state index contributed by atoms with van der Waals surface area (Å²) >= 11 is 1.29. The highest BCUT2D eigenvalue weighted by atomic mass is 32.1. The van der Waals surface area contributed by atoms with E-state index in [0.29, 0.717) is 23.0 Å². The standard InChI is InChI=1S/C14H19N3O2S/c1-3-19-14(18)11-12(16)10(8-15)20-13(11)17-6-4-9(2)5-7-17/h9H,3-7,16H2,1-2H3. The van der Waals surface area contributed by atoms with Crippen LogP contribution in [0.3, 0.4) is 0 Å². The summed E-state index contributed by atoms with van der Waals surface area (Å²) in [4.78, 5) is 14.6. The molecule has 0 unspecified atom stereocenters. The Balaban J connectivity index is 2.36. The van der Waals surface area contributed by atoms with E-state index in [1.807, 2.05) is 0 Å². The Labute approximate surface area is 122 Å². The van der Waals surface area contributed by atoms with Crippen LogP contribution in [0.25, 0.3) is 0 Å². The maximum absolute atomic E-state index is 12.1. The number of nitrogen functional groups attached to an aromatic ring is 1. The van der Waals surface area contributed by atoms with Crippen LogP contribution in [0.1, 0.15) is 41.9 Å². The van der Waals surface area contributed by atoms with Crippen LogP contribution in [0.15, 0.2) is 0 Å². The van der Waals surface area contributed by atoms with Gasteiger partial charge in [0.05, 0.1) is 12.3 Å². The molecule has 1 aliphatic rings. The van der Waals surface area contributed by atoms with Gasteiger partial charge in [-0.25, -0.2) is 4.79 Å². The number of piperidine rings is 1. The lowest BCUT2D eigenvalue weighted by Gasteiger charge is -2.31. The van der Waals surface area contributed by atoms with Gasteiger partial charge in [0.1, 0.15) is 21.5 Å². The van der Waals surface area contributed by atoms with Gasteiger partial charge in [0, 0.05) is 13.1 Å². The molecule has 0 aliphatic carbocycles. The second-order valence-corrected chi connectivity index (χ2v) is 6.03. The van der Waals surface area contributed by atoms with Gasteiger partial charge in [0.2, 0.25) is 0 Å². The minimum Gasteiger partial charge on any atom is -0.462 e. The third-order valence-electron chi connectivity index (χ3n) is 3.58. The van der Waals surface area contributed by atoms with E-state index < -0.39 is 5.97 Å². The van der Waals surface area contributed by atoms with Gasteiger partial charge in [0.25, 0.3) is 0 Å². The molecule has 0 spiro atoms. The molecule has 0 amide bonds. The van der Waals surface area contributed by atoms with Crippen molar-refractivity contribution in [2.75, 3.05) is 30.3 Å². The van der Waals surface area contributed by atoms with Crippen LogP contribution in [0.4, 0.5) is 10.7 Å². The summed E-state index contributed by atoms with van der Waals surface area (Å²) in [6.45, 7) is 6.06. The molecule has 0 bridgehead atoms. The number of nitrogens with two attached hydrogens (primary N) is 1. The number of hydrogen-bond acceptors (Lipinski definition) is 6. The van der Waals surface area contributed by atoms with Crippen LogP contribution in [-0.2, 0) is 4.74 Å². The molecule has 0 aromatic carbocycles. The summed E-state index contributed by atoms with van der Waals surface area (Å²) in [5.74, 6) is 0.265. The molecule has 2 heterocycles. The van der Waals surface area contributed by atoms with Crippen molar-refractivity contribution in [1.29, 1.82) is 5.26 Å². The normalized spacial score (nSPS) is 15.9. The molecule has 108 valence electrons. The molecule has 5 nitrogen and oxygen atoms in total. The van der Waals surface area contributed by atoms with Gasteiger partial charge in [0.15, 0.2) is 0 Å². The number of nitrogens with zero attached hydrogens (tertiary/aromatic N) is 2. The van der Waals surface area contributed by atoms with E-state index in [9.17, 15) is 4.79 Å². The summed E-state index contributed by atoms with van der Waals surface area (Å²) in [5, 5.41) is 9.90. The molecule has 2 N–H and O–H groups in total. The number of anilines is 2. The topological polar surface area (TPSA) is 79.3 Å². The van der Waals surface area contributed by atoms with Crippen molar-refractivity contribution < 1.29 is 9.53 Å². The highest BCUT2D eigenvalue weighted by molar-refractivity contribution is 7.17. The maximum atomic E-state index is 12.1. The largest absolute Gasteiger partial charge is 0.462 e. The van der Waals surface area contributed by atoms with Crippen molar-refractivity contribution in [3.05, 3.63) is 10.4 Å². The van der Waals surface area contributed by atoms with E-state index >= 15 is 0 Å². The highest BCUT2D eigenvalue weighted by Crippen LogP contribution is 2.39. The fourth-order valence-electron chi connectivity index (χ4n) is 2.35. The Morgan fingerprint density at radius 1 is 1.55 bits per heavy atom. The molecular formula is C14H19N3O2S. The molecule has 6 heteroatoms. The number of hydrogen-bond donors (Lipinski definition) is 1. The minimum atomic E-state index is -0.434. The molecule has 1 aromatic heterocycles. The van der Waals surface area contributed by atoms with E-state index in [4.69, 9.17) is 15.7 Å². The van der Waals surface area contributed by atoms with Gasteiger partial charge in [-0.15, -0.1) is 11.3 Å². The quantitative estimate of drug-likeness (QED) is 0.867. The van der Waals surface area contributed by atoms with Gasteiger partial charge in [-0.05, 0) is 25.7 Å². The smallest absolute Gasteiger partial charge is 0.343 e. The lowest BCUT2D eigenvalue weighted by atomic mass is 9.99. The number of rotatable bonds is 3. The van der Waals surface area contributed by atoms with E-state index in [1.165, 1.54) is 11.3 Å². The van der Waals surface area contributed by atoms with Gasteiger partial charge in [-0.2, -0.15) is 5.26 Å². The molecule has 0 radical (unpaired) electrons. The predicted octanol–water partition coefficient (Wildman–Crippen LogP) is 2.61. The molecule has 2 rings (SSSR count). The Morgan fingerprint density at radius 3 is 2.75 bits per heavy atom. The van der Waals surface area contributed by atoms with Crippen molar-refractivity contribution >= 4 is 28.0 Å². The second kappa shape index (κ2) is 6.14. The third kappa shape index (κ3) is 2.73. The fraction of sp³-hybridized carbons (Fsp3) is 0.571. The van der Waals surface area contributed by atoms with Crippen LogP contribution in [-0.4, -0.2) is 25.7 Å². The zero-order valence-corrected chi connectivity index (χ0v) is 12.6. The molecule has 1 saturated heterocycles. The lowest BCUT2D eigenvalue weighted by molar-refractivity contribution is 0.0529. The van der Waals surface area contributed by atoms with Gasteiger partial charge in [-0.3, -0.25) is 0 Å². The van der Waals surface area contributed by atoms with Crippen LogP contribution in [0, 0.1) is 17.2 Å². The van der Waals surface area contributed by atoms with Gasteiger partial charge >= 0.3 is 5.97 Å². The lowest BCUT2D eigenvalue weighted by Crippen LogP contribution is -2.33. The first-order valence-electron chi connectivity index (χ1n) is 6.82. The van der Waals surface area contributed by atoms with E-state index in [0.717, 1.165) is 30.9 Å². The molecule has 1 aromatic rings. The van der Waals surface area contributed by atoms with Crippen molar-refractivity contribution in [1.82, 2.24) is 0 Å². The Bertz CT molecular complexity index is 539. The fourth-order valence-corrected chi connectivity index (χ4v) is 3.41. The Hall–Kier alpha value is -1.74. The number of esters is 1. The molecule has 1 fully saturated rings. The van der Waals surface area contributed by atoms with E-state index in [2.05, 4.69) is 17.9 Å². The van der Waals surface area contributed by atoms with Crippen LogP contribution >= 0.6 is 11.3 Å². The number of nitriles is 1. The number of thiophene rings is 1. The number of carbonyl (C=O) groups excluding carboxylic acids is 1. The van der Waals surface area contributed by atoms with E-state index in [1.54, 1.807) is 6.92 Å². The first kappa shape index (κ1) is 14.7. The van der Waals surface area contributed by atoms with Gasteiger partial charge in [-0.1, -0.05) is 6.92 Å². The maximum Gasteiger partial charge on any atom is 0.343 e.